The summed E-state index contributed by atoms with van der Waals surface area (Å²) in [5.74, 6) is -0.582. The number of nitrogens with one attached hydrogen (secondary N) is 1. The van der Waals surface area contributed by atoms with Gasteiger partial charge in [0.05, 0.1) is 16.3 Å². The van der Waals surface area contributed by atoms with Crippen LogP contribution in [0, 0.1) is 0 Å². The van der Waals surface area contributed by atoms with Gasteiger partial charge in [-0.15, -0.1) is 0 Å². The number of pyridine rings is 1. The summed E-state index contributed by atoms with van der Waals surface area (Å²) in [6.45, 7) is 0. The van der Waals surface area contributed by atoms with Crippen molar-refractivity contribution in [2.75, 3.05) is 11.1 Å². The molecule has 0 aliphatic carbocycles. The molecule has 0 unspecified atom stereocenters. The minimum Gasteiger partial charge on any atom is -0.384 e. The van der Waals surface area contributed by atoms with Gasteiger partial charge in [-0.05, 0) is 30.3 Å². The van der Waals surface area contributed by atoms with Crippen LogP contribution in [0.4, 0.5) is 24.7 Å². The number of rotatable bonds is 2. The van der Waals surface area contributed by atoms with Crippen LogP contribution in [-0.2, 0) is 6.18 Å². The highest BCUT2D eigenvalue weighted by Gasteiger charge is 2.31. The third-order valence-corrected chi connectivity index (χ3v) is 2.87. The first-order chi connectivity index (χ1) is 9.77. The number of carbonyl (C=O) groups excluding carboxylic acids is 1. The fourth-order valence-corrected chi connectivity index (χ4v) is 1.73. The number of hydrogen-bond acceptors (Lipinski definition) is 3. The lowest BCUT2D eigenvalue weighted by atomic mass is 10.2. The number of hydrogen-bond donors (Lipinski definition) is 2. The molecule has 110 valence electrons. The normalized spacial score (nSPS) is 11.2. The summed E-state index contributed by atoms with van der Waals surface area (Å²) in [7, 11) is 0. The van der Waals surface area contributed by atoms with Gasteiger partial charge in [0.1, 0.15) is 11.5 Å². The molecule has 0 radical (unpaired) electrons. The Balaban J connectivity index is 2.29. The zero-order valence-electron chi connectivity index (χ0n) is 10.4. The van der Waals surface area contributed by atoms with E-state index in [4.69, 9.17) is 17.3 Å². The lowest BCUT2D eigenvalue weighted by Crippen LogP contribution is -2.15. The number of halogens is 4. The van der Waals surface area contributed by atoms with Crippen molar-refractivity contribution in [1.29, 1.82) is 0 Å². The van der Waals surface area contributed by atoms with Crippen molar-refractivity contribution in [1.82, 2.24) is 4.98 Å². The van der Waals surface area contributed by atoms with Crippen LogP contribution in [0.3, 0.4) is 0 Å². The Morgan fingerprint density at radius 3 is 2.57 bits per heavy atom. The molecule has 4 nitrogen and oxygen atoms in total. The minimum atomic E-state index is -4.53. The second-order valence-corrected chi connectivity index (χ2v) is 4.50. The molecule has 0 saturated heterocycles. The molecular weight excluding hydrogens is 307 g/mol. The van der Waals surface area contributed by atoms with Crippen LogP contribution in [0.5, 0.6) is 0 Å². The Morgan fingerprint density at radius 2 is 1.95 bits per heavy atom. The zero-order valence-corrected chi connectivity index (χ0v) is 11.2. The van der Waals surface area contributed by atoms with Gasteiger partial charge in [0, 0.05) is 0 Å². The van der Waals surface area contributed by atoms with Crippen molar-refractivity contribution in [2.24, 2.45) is 0 Å². The van der Waals surface area contributed by atoms with Gasteiger partial charge < -0.3 is 11.1 Å². The Bertz CT molecular complexity index is 689. The number of anilines is 2. The molecule has 3 N–H and O–H groups in total. The topological polar surface area (TPSA) is 68.0 Å². The quantitative estimate of drug-likeness (QED) is 0.890. The number of benzene rings is 1. The fraction of sp³-hybridized carbons (Fsp3) is 0.0769. The van der Waals surface area contributed by atoms with E-state index in [1.807, 2.05) is 0 Å². The Hall–Kier alpha value is -2.28. The van der Waals surface area contributed by atoms with E-state index in [0.717, 1.165) is 18.2 Å². The maximum absolute atomic E-state index is 12.6. The summed E-state index contributed by atoms with van der Waals surface area (Å²) in [5, 5.41) is 2.26. The highest BCUT2D eigenvalue weighted by Crippen LogP contribution is 2.33. The molecule has 0 spiro atoms. The molecule has 1 heterocycles. The van der Waals surface area contributed by atoms with Crippen LogP contribution >= 0.6 is 11.6 Å². The summed E-state index contributed by atoms with van der Waals surface area (Å²) in [6, 6.07) is 7.02. The van der Waals surface area contributed by atoms with Gasteiger partial charge in [0.25, 0.3) is 5.91 Å². The van der Waals surface area contributed by atoms with E-state index in [9.17, 15) is 18.0 Å². The molecule has 21 heavy (non-hydrogen) atoms. The van der Waals surface area contributed by atoms with E-state index < -0.39 is 17.6 Å². The molecule has 2 rings (SSSR count). The van der Waals surface area contributed by atoms with Gasteiger partial charge >= 0.3 is 6.18 Å². The fourth-order valence-electron chi connectivity index (χ4n) is 1.56. The Labute approximate surface area is 122 Å². The van der Waals surface area contributed by atoms with Crippen molar-refractivity contribution in [3.63, 3.8) is 0 Å². The van der Waals surface area contributed by atoms with E-state index >= 15 is 0 Å². The maximum Gasteiger partial charge on any atom is 0.416 e. The third-order valence-electron chi connectivity index (χ3n) is 2.55. The molecule has 1 aromatic carbocycles. The van der Waals surface area contributed by atoms with Crippen LogP contribution in [0.25, 0.3) is 0 Å². The molecule has 0 saturated carbocycles. The largest absolute Gasteiger partial charge is 0.416 e. The van der Waals surface area contributed by atoms with Crippen molar-refractivity contribution >= 4 is 29.0 Å². The van der Waals surface area contributed by atoms with E-state index in [1.165, 1.54) is 18.2 Å². The first kappa shape index (κ1) is 15.1. The maximum atomic E-state index is 12.6. The number of carbonyl (C=O) groups is 1. The molecule has 8 heteroatoms. The van der Waals surface area contributed by atoms with Gasteiger partial charge in [0.15, 0.2) is 0 Å². The molecule has 1 aromatic heterocycles. The summed E-state index contributed by atoms with van der Waals surface area (Å²) in [5.41, 5.74) is 4.34. The number of nitrogens with two attached hydrogens (primary N) is 1. The van der Waals surface area contributed by atoms with E-state index in [2.05, 4.69) is 10.3 Å². The van der Waals surface area contributed by atoms with Crippen LogP contribution < -0.4 is 11.1 Å². The van der Waals surface area contributed by atoms with Gasteiger partial charge in [-0.1, -0.05) is 17.7 Å². The van der Waals surface area contributed by atoms with Crippen LogP contribution in [-0.4, -0.2) is 10.9 Å². The monoisotopic (exact) mass is 315 g/mol. The van der Waals surface area contributed by atoms with Gasteiger partial charge in [-0.2, -0.15) is 13.2 Å². The first-order valence-electron chi connectivity index (χ1n) is 5.68. The molecule has 0 bridgehead atoms. The number of aromatic nitrogens is 1. The standard InChI is InChI=1S/C13H9ClF3N3O/c14-8-5-4-7(13(15,16)17)6-10(8)20-12(21)9-2-1-3-11(18)19-9/h1-6H,(H2,18,19)(H,20,21). The second kappa shape index (κ2) is 5.61. The van der Waals surface area contributed by atoms with Crippen molar-refractivity contribution in [3.05, 3.63) is 52.7 Å². The number of alkyl halides is 3. The summed E-state index contributed by atoms with van der Waals surface area (Å²) >= 11 is 5.78. The van der Waals surface area contributed by atoms with E-state index in [-0.39, 0.29) is 22.2 Å². The summed E-state index contributed by atoms with van der Waals surface area (Å²) < 4.78 is 37.9. The highest BCUT2D eigenvalue weighted by molar-refractivity contribution is 6.33. The van der Waals surface area contributed by atoms with Crippen LogP contribution in [0.2, 0.25) is 5.02 Å². The van der Waals surface area contributed by atoms with Crippen molar-refractivity contribution < 1.29 is 18.0 Å². The predicted octanol–water partition coefficient (Wildman–Crippen LogP) is 3.59. The van der Waals surface area contributed by atoms with Gasteiger partial charge in [-0.3, -0.25) is 4.79 Å². The molecule has 0 aliphatic rings. The number of nitrogen functional groups attached to an aromatic ring is 1. The molecule has 2 aromatic rings. The second-order valence-electron chi connectivity index (χ2n) is 4.09. The average molecular weight is 316 g/mol. The predicted molar refractivity (Wildman–Crippen MR) is 73.1 cm³/mol. The van der Waals surface area contributed by atoms with Gasteiger partial charge in [-0.25, -0.2) is 4.98 Å². The Morgan fingerprint density at radius 1 is 1.24 bits per heavy atom. The number of nitrogens with zero attached hydrogens (tertiary/aromatic N) is 1. The first-order valence-corrected chi connectivity index (χ1v) is 6.06. The van der Waals surface area contributed by atoms with E-state index in [1.54, 1.807) is 0 Å². The third kappa shape index (κ3) is 3.63. The van der Waals surface area contributed by atoms with Crippen molar-refractivity contribution in [2.45, 2.75) is 6.18 Å². The van der Waals surface area contributed by atoms with Gasteiger partial charge in [0.2, 0.25) is 0 Å². The minimum absolute atomic E-state index is 0.0137. The van der Waals surface area contributed by atoms with Crippen LogP contribution in [0.15, 0.2) is 36.4 Å². The molecular formula is C13H9ClF3N3O. The highest BCUT2D eigenvalue weighted by atomic mass is 35.5. The molecule has 0 aliphatic heterocycles. The zero-order chi connectivity index (χ0) is 15.6. The van der Waals surface area contributed by atoms with Crippen LogP contribution in [0.1, 0.15) is 16.1 Å². The number of amides is 1. The summed E-state index contributed by atoms with van der Waals surface area (Å²) in [6.07, 6.45) is -4.53. The Kier molecular flexibility index (Phi) is 4.04. The summed E-state index contributed by atoms with van der Waals surface area (Å²) in [4.78, 5) is 15.7. The smallest absolute Gasteiger partial charge is 0.384 e. The van der Waals surface area contributed by atoms with E-state index in [0.29, 0.717) is 0 Å². The lowest BCUT2D eigenvalue weighted by Gasteiger charge is -2.11. The molecule has 1 amide bonds. The lowest BCUT2D eigenvalue weighted by molar-refractivity contribution is -0.137. The van der Waals surface area contributed by atoms with Crippen molar-refractivity contribution in [3.8, 4) is 0 Å². The SMILES string of the molecule is Nc1cccc(C(=O)Nc2cc(C(F)(F)F)ccc2Cl)n1. The molecule has 0 fully saturated rings. The molecule has 0 atom stereocenters. The average Bonchev–Trinajstić information content (AvgIpc) is 2.40.